The van der Waals surface area contributed by atoms with E-state index in [-0.39, 0.29) is 18.2 Å². The first-order valence-corrected chi connectivity index (χ1v) is 7.00. The lowest BCUT2D eigenvalue weighted by atomic mass is 10.1. The standard InChI is InChI=1S/C16H15N3O4/c1-9-7-12(19(2)18-9)15(20)17-8-11-10-5-3-4-6-13(10)23-14(11)16(21)22/h3-7H,8H2,1-2H3,(H,17,20)(H,21,22). The number of aromatic carboxylic acids is 1. The van der Waals surface area contributed by atoms with Crippen LogP contribution in [0.1, 0.15) is 32.3 Å². The highest BCUT2D eigenvalue weighted by atomic mass is 16.4. The maximum absolute atomic E-state index is 12.2. The van der Waals surface area contributed by atoms with Gasteiger partial charge in [-0.3, -0.25) is 9.48 Å². The molecule has 0 saturated heterocycles. The highest BCUT2D eigenvalue weighted by Gasteiger charge is 2.21. The van der Waals surface area contributed by atoms with Gasteiger partial charge in [-0.15, -0.1) is 0 Å². The van der Waals surface area contributed by atoms with Crippen LogP contribution in [0.4, 0.5) is 0 Å². The number of carbonyl (C=O) groups excluding carboxylic acids is 1. The van der Waals surface area contributed by atoms with Crippen LogP contribution in [0.2, 0.25) is 0 Å². The van der Waals surface area contributed by atoms with Crippen LogP contribution in [0.15, 0.2) is 34.7 Å². The summed E-state index contributed by atoms with van der Waals surface area (Å²) in [4.78, 5) is 23.6. The third kappa shape index (κ3) is 2.68. The molecular weight excluding hydrogens is 298 g/mol. The molecule has 0 aliphatic heterocycles. The largest absolute Gasteiger partial charge is 0.475 e. The Morgan fingerprint density at radius 2 is 2.09 bits per heavy atom. The topological polar surface area (TPSA) is 97.4 Å². The maximum Gasteiger partial charge on any atom is 0.372 e. The Bertz CT molecular complexity index is 907. The average molecular weight is 313 g/mol. The van der Waals surface area contributed by atoms with Crippen molar-refractivity contribution in [3.05, 3.63) is 53.0 Å². The molecule has 1 amide bonds. The number of rotatable bonds is 4. The van der Waals surface area contributed by atoms with E-state index in [1.165, 1.54) is 4.68 Å². The van der Waals surface area contributed by atoms with Crippen molar-refractivity contribution in [2.24, 2.45) is 7.05 Å². The van der Waals surface area contributed by atoms with Crippen LogP contribution >= 0.6 is 0 Å². The third-order valence-electron chi connectivity index (χ3n) is 3.55. The molecule has 0 aliphatic carbocycles. The smallest absolute Gasteiger partial charge is 0.372 e. The van der Waals surface area contributed by atoms with Gasteiger partial charge in [-0.1, -0.05) is 18.2 Å². The van der Waals surface area contributed by atoms with Crippen molar-refractivity contribution in [1.82, 2.24) is 15.1 Å². The summed E-state index contributed by atoms with van der Waals surface area (Å²) in [6.07, 6.45) is 0. The maximum atomic E-state index is 12.2. The van der Waals surface area contributed by atoms with Crippen molar-refractivity contribution in [3.8, 4) is 0 Å². The number of fused-ring (bicyclic) bond motifs is 1. The Morgan fingerprint density at radius 1 is 1.35 bits per heavy atom. The van der Waals surface area contributed by atoms with Gasteiger partial charge in [0.1, 0.15) is 11.3 Å². The van der Waals surface area contributed by atoms with Crippen molar-refractivity contribution in [3.63, 3.8) is 0 Å². The van der Waals surface area contributed by atoms with Crippen molar-refractivity contribution in [2.45, 2.75) is 13.5 Å². The number of furan rings is 1. The van der Waals surface area contributed by atoms with Crippen LogP contribution in [0.25, 0.3) is 11.0 Å². The highest BCUT2D eigenvalue weighted by molar-refractivity contribution is 5.96. The Balaban J connectivity index is 1.89. The van der Waals surface area contributed by atoms with Gasteiger partial charge in [-0.05, 0) is 19.1 Å². The molecule has 3 rings (SSSR count). The van der Waals surface area contributed by atoms with E-state index in [0.29, 0.717) is 22.2 Å². The van der Waals surface area contributed by atoms with E-state index in [0.717, 1.165) is 5.69 Å². The molecule has 0 atom stereocenters. The quantitative estimate of drug-likeness (QED) is 0.768. The van der Waals surface area contributed by atoms with Crippen LogP contribution in [0.3, 0.4) is 0 Å². The normalized spacial score (nSPS) is 10.9. The van der Waals surface area contributed by atoms with Crippen LogP contribution in [0.5, 0.6) is 0 Å². The minimum atomic E-state index is -1.16. The number of para-hydroxylation sites is 1. The average Bonchev–Trinajstić information content (AvgIpc) is 3.05. The summed E-state index contributed by atoms with van der Waals surface area (Å²) in [5.41, 5.74) is 2.07. The zero-order valence-electron chi connectivity index (χ0n) is 12.7. The van der Waals surface area contributed by atoms with Gasteiger partial charge in [0.2, 0.25) is 5.76 Å². The predicted octanol–water partition coefficient (Wildman–Crippen LogP) is 2.10. The zero-order chi connectivity index (χ0) is 16.6. The molecule has 0 bridgehead atoms. The van der Waals surface area contributed by atoms with Crippen molar-refractivity contribution in [2.75, 3.05) is 0 Å². The molecule has 0 unspecified atom stereocenters. The van der Waals surface area contributed by atoms with Crippen molar-refractivity contribution in [1.29, 1.82) is 0 Å². The molecule has 7 heteroatoms. The molecule has 1 aromatic carbocycles. The third-order valence-corrected chi connectivity index (χ3v) is 3.55. The minimum absolute atomic E-state index is 0.0572. The van der Waals surface area contributed by atoms with Crippen LogP contribution in [0, 0.1) is 6.92 Å². The number of hydrogen-bond acceptors (Lipinski definition) is 4. The van der Waals surface area contributed by atoms with Gasteiger partial charge in [0, 0.05) is 24.5 Å². The van der Waals surface area contributed by atoms with E-state index >= 15 is 0 Å². The van der Waals surface area contributed by atoms with E-state index in [1.54, 1.807) is 44.3 Å². The summed E-state index contributed by atoms with van der Waals surface area (Å²) in [5, 5.41) is 16.8. The number of aromatic nitrogens is 2. The van der Waals surface area contributed by atoms with Gasteiger partial charge < -0.3 is 14.8 Å². The lowest BCUT2D eigenvalue weighted by Gasteiger charge is -2.05. The summed E-state index contributed by atoms with van der Waals surface area (Å²) in [6.45, 7) is 1.85. The molecule has 7 nitrogen and oxygen atoms in total. The Hall–Kier alpha value is -3.09. The molecular formula is C16H15N3O4. The number of benzene rings is 1. The summed E-state index contributed by atoms with van der Waals surface area (Å²) >= 11 is 0. The molecule has 2 heterocycles. The molecule has 0 spiro atoms. The molecule has 0 fully saturated rings. The van der Waals surface area contributed by atoms with Gasteiger partial charge in [0.05, 0.1) is 5.69 Å². The van der Waals surface area contributed by atoms with Crippen molar-refractivity contribution >= 4 is 22.8 Å². The number of nitrogens with one attached hydrogen (secondary N) is 1. The minimum Gasteiger partial charge on any atom is -0.475 e. The van der Waals surface area contributed by atoms with E-state index in [9.17, 15) is 14.7 Å². The summed E-state index contributed by atoms with van der Waals surface area (Å²) in [7, 11) is 1.68. The lowest BCUT2D eigenvalue weighted by molar-refractivity contribution is 0.0662. The number of aryl methyl sites for hydroxylation is 2. The number of carboxylic acid groups (broad SMARTS) is 1. The SMILES string of the molecule is Cc1cc(C(=O)NCc2c(C(=O)O)oc3ccccc23)n(C)n1. The molecule has 2 N–H and O–H groups in total. The van der Waals surface area contributed by atoms with Gasteiger partial charge in [-0.25, -0.2) is 4.79 Å². The molecule has 0 aliphatic rings. The van der Waals surface area contributed by atoms with E-state index in [4.69, 9.17) is 4.42 Å². The number of carboxylic acids is 1. The number of amides is 1. The fourth-order valence-electron chi connectivity index (χ4n) is 2.53. The number of nitrogens with zero attached hydrogens (tertiary/aromatic N) is 2. The first kappa shape index (κ1) is 14.8. The predicted molar refractivity (Wildman–Crippen MR) is 82.3 cm³/mol. The van der Waals surface area contributed by atoms with Gasteiger partial charge in [0.15, 0.2) is 0 Å². The highest BCUT2D eigenvalue weighted by Crippen LogP contribution is 2.25. The summed E-state index contributed by atoms with van der Waals surface area (Å²) < 4.78 is 6.84. The first-order valence-electron chi connectivity index (χ1n) is 7.00. The van der Waals surface area contributed by atoms with Crippen molar-refractivity contribution < 1.29 is 19.1 Å². The first-order chi connectivity index (χ1) is 11.0. The second kappa shape index (κ2) is 5.60. The van der Waals surface area contributed by atoms with Crippen LogP contribution < -0.4 is 5.32 Å². The Labute approximate surface area is 131 Å². The fraction of sp³-hybridized carbons (Fsp3) is 0.188. The molecule has 2 aromatic heterocycles. The number of carbonyl (C=O) groups is 2. The van der Waals surface area contributed by atoms with E-state index < -0.39 is 5.97 Å². The Kier molecular flexibility index (Phi) is 3.61. The zero-order valence-corrected chi connectivity index (χ0v) is 12.7. The molecule has 0 saturated carbocycles. The summed E-state index contributed by atoms with van der Waals surface area (Å²) in [5.74, 6) is -1.65. The second-order valence-corrected chi connectivity index (χ2v) is 5.19. The van der Waals surface area contributed by atoms with Gasteiger partial charge in [-0.2, -0.15) is 5.10 Å². The van der Waals surface area contributed by atoms with E-state index in [2.05, 4.69) is 10.4 Å². The molecule has 23 heavy (non-hydrogen) atoms. The molecule has 118 valence electrons. The van der Waals surface area contributed by atoms with Gasteiger partial charge >= 0.3 is 5.97 Å². The molecule has 3 aromatic rings. The van der Waals surface area contributed by atoms with Crippen LogP contribution in [-0.4, -0.2) is 26.8 Å². The summed E-state index contributed by atoms with van der Waals surface area (Å²) in [6, 6.07) is 8.68. The second-order valence-electron chi connectivity index (χ2n) is 5.19. The van der Waals surface area contributed by atoms with Crippen LogP contribution in [-0.2, 0) is 13.6 Å². The monoisotopic (exact) mass is 313 g/mol. The fourth-order valence-corrected chi connectivity index (χ4v) is 2.53. The van der Waals surface area contributed by atoms with Gasteiger partial charge in [0.25, 0.3) is 5.91 Å². The molecule has 0 radical (unpaired) electrons. The number of hydrogen-bond donors (Lipinski definition) is 2. The Morgan fingerprint density at radius 3 is 2.74 bits per heavy atom. The van der Waals surface area contributed by atoms with E-state index in [1.807, 2.05) is 0 Å². The lowest BCUT2D eigenvalue weighted by Crippen LogP contribution is -2.25.